The largest absolute Gasteiger partial charge is 0.497 e. The van der Waals surface area contributed by atoms with Gasteiger partial charge in [-0.2, -0.15) is 0 Å². The normalized spacial score (nSPS) is 24.5. The van der Waals surface area contributed by atoms with E-state index in [9.17, 15) is 9.59 Å². The summed E-state index contributed by atoms with van der Waals surface area (Å²) in [6, 6.07) is 7.66. The van der Waals surface area contributed by atoms with Crippen molar-refractivity contribution in [3.8, 4) is 5.75 Å². The van der Waals surface area contributed by atoms with E-state index >= 15 is 0 Å². The Morgan fingerprint density at radius 1 is 1.24 bits per heavy atom. The van der Waals surface area contributed by atoms with E-state index in [4.69, 9.17) is 4.74 Å². The number of nitrogens with zero attached hydrogens (tertiary/aromatic N) is 1. The first-order chi connectivity index (χ1) is 12.1. The van der Waals surface area contributed by atoms with Crippen LogP contribution in [0.2, 0.25) is 0 Å². The molecule has 1 aromatic rings. The molecule has 0 spiro atoms. The second kappa shape index (κ2) is 6.33. The Kier molecular flexibility index (Phi) is 4.15. The van der Waals surface area contributed by atoms with Crippen LogP contribution in [-0.2, 0) is 15.0 Å². The maximum absolute atomic E-state index is 13.3. The molecule has 2 aliphatic carbocycles. The first-order valence-corrected chi connectivity index (χ1v) is 9.11. The fourth-order valence-electron chi connectivity index (χ4n) is 3.64. The van der Waals surface area contributed by atoms with Crippen molar-refractivity contribution in [1.29, 1.82) is 0 Å². The Morgan fingerprint density at radius 2 is 1.96 bits per heavy atom. The van der Waals surface area contributed by atoms with Crippen molar-refractivity contribution < 1.29 is 14.3 Å². The average molecular weight is 343 g/mol. The van der Waals surface area contributed by atoms with E-state index in [1.165, 1.54) is 0 Å². The van der Waals surface area contributed by atoms with Crippen LogP contribution in [0.1, 0.15) is 31.2 Å². The summed E-state index contributed by atoms with van der Waals surface area (Å²) in [5.74, 6) is 0.861. The van der Waals surface area contributed by atoms with Gasteiger partial charge < -0.3 is 20.3 Å². The molecule has 0 bridgehead atoms. The lowest BCUT2D eigenvalue weighted by molar-refractivity contribution is -0.143. The zero-order valence-electron chi connectivity index (χ0n) is 14.6. The Hall–Kier alpha value is -2.08. The van der Waals surface area contributed by atoms with Gasteiger partial charge in [0.25, 0.3) is 0 Å². The molecule has 0 radical (unpaired) electrons. The molecule has 134 valence electrons. The number of amides is 2. The van der Waals surface area contributed by atoms with Crippen LogP contribution in [0.25, 0.3) is 0 Å². The molecular weight excluding hydrogens is 318 g/mol. The third kappa shape index (κ3) is 3.11. The zero-order chi connectivity index (χ0) is 17.4. The molecule has 1 aliphatic heterocycles. The molecule has 1 atom stereocenters. The SMILES string of the molecule is COc1ccc(C2(C(=O)N3CCNC[C@@H]3C(=O)NC3CC3)CC2)cc1. The Balaban J connectivity index is 1.53. The molecule has 2 N–H and O–H groups in total. The van der Waals surface area contributed by atoms with Gasteiger partial charge in [-0.3, -0.25) is 9.59 Å². The number of nitrogens with one attached hydrogen (secondary N) is 2. The fourth-order valence-corrected chi connectivity index (χ4v) is 3.64. The van der Waals surface area contributed by atoms with Gasteiger partial charge in [0.2, 0.25) is 11.8 Å². The van der Waals surface area contributed by atoms with Crippen molar-refractivity contribution in [2.45, 2.75) is 43.2 Å². The first-order valence-electron chi connectivity index (χ1n) is 9.11. The van der Waals surface area contributed by atoms with E-state index in [1.807, 2.05) is 24.3 Å². The molecule has 2 amide bonds. The number of methoxy groups -OCH3 is 1. The third-order valence-corrected chi connectivity index (χ3v) is 5.53. The van der Waals surface area contributed by atoms with Crippen molar-refractivity contribution in [1.82, 2.24) is 15.5 Å². The van der Waals surface area contributed by atoms with Gasteiger partial charge in [0.05, 0.1) is 12.5 Å². The summed E-state index contributed by atoms with van der Waals surface area (Å²) >= 11 is 0. The lowest BCUT2D eigenvalue weighted by Gasteiger charge is -2.37. The molecule has 1 aromatic carbocycles. The summed E-state index contributed by atoms with van der Waals surface area (Å²) in [4.78, 5) is 27.7. The Bertz CT molecular complexity index is 665. The molecule has 2 saturated carbocycles. The molecule has 1 saturated heterocycles. The minimum atomic E-state index is -0.457. The molecular formula is C19H25N3O3. The number of rotatable bonds is 5. The molecule has 25 heavy (non-hydrogen) atoms. The van der Waals surface area contributed by atoms with Crippen molar-refractivity contribution in [2.75, 3.05) is 26.7 Å². The number of hydrogen-bond donors (Lipinski definition) is 2. The molecule has 0 aromatic heterocycles. The highest BCUT2D eigenvalue weighted by Gasteiger charge is 2.54. The van der Waals surface area contributed by atoms with Crippen LogP contribution in [-0.4, -0.2) is 55.5 Å². The molecule has 0 unspecified atom stereocenters. The summed E-state index contributed by atoms with van der Waals surface area (Å²) in [5, 5.41) is 6.30. The van der Waals surface area contributed by atoms with Gasteiger partial charge in [-0.05, 0) is 43.4 Å². The summed E-state index contributed by atoms with van der Waals surface area (Å²) in [5.41, 5.74) is 0.569. The quantitative estimate of drug-likeness (QED) is 0.830. The highest BCUT2D eigenvalue weighted by molar-refractivity contribution is 5.95. The fraction of sp³-hybridized carbons (Fsp3) is 0.579. The number of carbonyl (C=O) groups is 2. The molecule has 3 fully saturated rings. The summed E-state index contributed by atoms with van der Waals surface area (Å²) in [7, 11) is 1.64. The second-order valence-corrected chi connectivity index (χ2v) is 7.31. The third-order valence-electron chi connectivity index (χ3n) is 5.53. The average Bonchev–Trinajstić information content (AvgIpc) is 3.56. The van der Waals surface area contributed by atoms with E-state index < -0.39 is 11.5 Å². The first kappa shape index (κ1) is 16.4. The van der Waals surface area contributed by atoms with Crippen molar-refractivity contribution in [2.24, 2.45) is 0 Å². The van der Waals surface area contributed by atoms with E-state index in [2.05, 4.69) is 10.6 Å². The maximum atomic E-state index is 13.3. The van der Waals surface area contributed by atoms with Crippen LogP contribution in [0.3, 0.4) is 0 Å². The predicted molar refractivity (Wildman–Crippen MR) is 93.4 cm³/mol. The van der Waals surface area contributed by atoms with Crippen molar-refractivity contribution >= 4 is 11.8 Å². The summed E-state index contributed by atoms with van der Waals surface area (Å²) in [6.07, 6.45) is 3.79. The topological polar surface area (TPSA) is 70.7 Å². The van der Waals surface area contributed by atoms with Crippen molar-refractivity contribution in [3.05, 3.63) is 29.8 Å². The van der Waals surface area contributed by atoms with Gasteiger partial charge in [0.15, 0.2) is 0 Å². The molecule has 3 aliphatic rings. The molecule has 6 heteroatoms. The number of piperazine rings is 1. The van der Waals surface area contributed by atoms with Crippen LogP contribution in [0.15, 0.2) is 24.3 Å². The number of hydrogen-bond acceptors (Lipinski definition) is 4. The van der Waals surface area contributed by atoms with Crippen LogP contribution < -0.4 is 15.4 Å². The van der Waals surface area contributed by atoms with E-state index in [0.717, 1.165) is 43.5 Å². The van der Waals surface area contributed by atoms with Crippen molar-refractivity contribution in [3.63, 3.8) is 0 Å². The van der Waals surface area contributed by atoms with Gasteiger partial charge in [-0.1, -0.05) is 12.1 Å². The lowest BCUT2D eigenvalue weighted by Crippen LogP contribution is -2.61. The summed E-state index contributed by atoms with van der Waals surface area (Å²) in [6.45, 7) is 1.85. The van der Waals surface area contributed by atoms with Gasteiger partial charge in [0.1, 0.15) is 11.8 Å². The second-order valence-electron chi connectivity index (χ2n) is 7.31. The smallest absolute Gasteiger partial charge is 0.244 e. The number of benzene rings is 1. The lowest BCUT2D eigenvalue weighted by atomic mass is 9.93. The minimum Gasteiger partial charge on any atom is -0.497 e. The Labute approximate surface area is 147 Å². The molecule has 1 heterocycles. The van der Waals surface area contributed by atoms with Gasteiger partial charge in [-0.25, -0.2) is 0 Å². The maximum Gasteiger partial charge on any atom is 0.244 e. The molecule has 4 rings (SSSR count). The minimum absolute atomic E-state index is 0.0198. The van der Waals surface area contributed by atoms with Gasteiger partial charge in [0, 0.05) is 25.7 Å². The highest BCUT2D eigenvalue weighted by Crippen LogP contribution is 2.50. The van der Waals surface area contributed by atoms with Crippen LogP contribution in [0.4, 0.5) is 0 Å². The standard InChI is InChI=1S/C19H25N3O3/c1-25-15-6-2-13(3-7-15)19(8-9-19)18(24)22-11-10-20-12-16(22)17(23)21-14-4-5-14/h2-3,6-7,14,16,20H,4-5,8-12H2,1H3,(H,21,23)/t16-/m1/s1. The van der Waals surface area contributed by atoms with Crippen LogP contribution in [0, 0.1) is 0 Å². The predicted octanol–water partition coefficient (Wildman–Crippen LogP) is 0.806. The highest BCUT2D eigenvalue weighted by atomic mass is 16.5. The molecule has 6 nitrogen and oxygen atoms in total. The monoisotopic (exact) mass is 343 g/mol. The van der Waals surface area contributed by atoms with Crippen LogP contribution in [0.5, 0.6) is 5.75 Å². The van der Waals surface area contributed by atoms with E-state index in [1.54, 1.807) is 12.0 Å². The van der Waals surface area contributed by atoms with Gasteiger partial charge >= 0.3 is 0 Å². The van der Waals surface area contributed by atoms with Crippen LogP contribution >= 0.6 is 0 Å². The van der Waals surface area contributed by atoms with E-state index in [-0.39, 0.29) is 11.8 Å². The zero-order valence-corrected chi connectivity index (χ0v) is 14.6. The van der Waals surface area contributed by atoms with Gasteiger partial charge in [-0.15, -0.1) is 0 Å². The Morgan fingerprint density at radius 3 is 2.56 bits per heavy atom. The summed E-state index contributed by atoms with van der Waals surface area (Å²) < 4.78 is 5.21. The number of carbonyl (C=O) groups excluding carboxylic acids is 2. The number of ether oxygens (including phenoxy) is 1. The van der Waals surface area contributed by atoms with E-state index in [0.29, 0.717) is 19.1 Å².